The van der Waals surface area contributed by atoms with Crippen LogP contribution in [0.3, 0.4) is 0 Å². The van der Waals surface area contributed by atoms with Gasteiger partial charge in [-0.3, -0.25) is 0 Å². The van der Waals surface area contributed by atoms with Crippen LogP contribution in [0, 0.1) is 28.7 Å². The zero-order valence-electron chi connectivity index (χ0n) is 36.1. The topological polar surface area (TPSA) is 67.1 Å². The molecule has 0 amide bonds. The molecule has 1 aliphatic rings. The minimum Gasteiger partial charge on any atom is -0.505 e. The maximum Gasteiger partial charge on any atom is 0.147 e. The number of aryl methyl sites for hydroxylation is 2. The van der Waals surface area contributed by atoms with Crippen molar-refractivity contribution in [3.05, 3.63) is 207 Å². The summed E-state index contributed by atoms with van der Waals surface area (Å²) in [6, 6.07) is 57.3. The summed E-state index contributed by atoms with van der Waals surface area (Å²) < 4.78 is 15.0. The zero-order chi connectivity index (χ0) is 40.7. The van der Waals surface area contributed by atoms with E-state index in [1.807, 2.05) is 78.9 Å². The van der Waals surface area contributed by atoms with Crippen LogP contribution in [0.4, 0.5) is 17.1 Å². The van der Waals surface area contributed by atoms with Gasteiger partial charge in [0, 0.05) is 83.1 Å². The molecule has 0 aliphatic carbocycles. The molecular formula is C56H50HfN2O4-2. The van der Waals surface area contributed by atoms with Crippen molar-refractivity contribution in [1.82, 2.24) is 4.57 Å². The van der Waals surface area contributed by atoms with Gasteiger partial charge in [-0.25, -0.2) is 0 Å². The normalized spacial score (nSPS) is 11.5. The first-order chi connectivity index (χ1) is 29.4. The minimum absolute atomic E-state index is 0. The second-order valence-electron chi connectivity index (χ2n) is 15.5. The molecule has 1 aliphatic heterocycles. The Morgan fingerprint density at radius 1 is 0.460 bits per heavy atom. The summed E-state index contributed by atoms with van der Waals surface area (Å²) in [6.07, 6.45) is 1.45. The Balaban J connectivity index is 0.00000198. The second-order valence-corrected chi connectivity index (χ2v) is 15.5. The van der Waals surface area contributed by atoms with E-state index >= 15 is 0 Å². The first-order valence-electron chi connectivity index (χ1n) is 20.5. The van der Waals surface area contributed by atoms with E-state index in [2.05, 4.69) is 114 Å². The molecule has 6 nitrogen and oxygen atoms in total. The van der Waals surface area contributed by atoms with Crippen LogP contribution in [0.2, 0.25) is 0 Å². The van der Waals surface area contributed by atoms with Crippen LogP contribution >= 0.6 is 0 Å². The van der Waals surface area contributed by atoms with Crippen LogP contribution < -0.4 is 14.4 Å². The zero-order valence-corrected chi connectivity index (χ0v) is 39.7. The Hall–Kier alpha value is -6.57. The van der Waals surface area contributed by atoms with Gasteiger partial charge < -0.3 is 44.0 Å². The van der Waals surface area contributed by atoms with E-state index < -0.39 is 0 Å². The maximum atomic E-state index is 12.1. The molecule has 1 aromatic heterocycles. The van der Waals surface area contributed by atoms with Crippen molar-refractivity contribution >= 4 is 38.9 Å². The average molecular weight is 994 g/mol. The summed E-state index contributed by atoms with van der Waals surface area (Å²) >= 11 is 0. The Morgan fingerprint density at radius 3 is 1.40 bits per heavy atom. The van der Waals surface area contributed by atoms with Crippen molar-refractivity contribution in [2.75, 3.05) is 18.1 Å². The molecule has 2 heterocycles. The van der Waals surface area contributed by atoms with Gasteiger partial charge in [0.25, 0.3) is 0 Å². The van der Waals surface area contributed by atoms with E-state index in [1.54, 1.807) is 0 Å². The van der Waals surface area contributed by atoms with Gasteiger partial charge in [0.2, 0.25) is 0 Å². The molecule has 9 aromatic rings. The Labute approximate surface area is 389 Å². The van der Waals surface area contributed by atoms with Crippen LogP contribution in [0.25, 0.3) is 49.7 Å². The molecule has 0 unspecified atom stereocenters. The standard InChI is InChI=1S/C54H44N2O4.2CH3.Hf/c1-35-30-43(53(57)49(32-35)55-45-22-9-3-16-37(45)34-38-17-4-10-23-46(38)55)41-20-7-13-26-51(41)59-28-15-29-60-52-27-14-8-21-42(52)44-31-36(2)33-50(54(44)58)56-47-24-11-5-18-39(47)40-19-6-12-25-48(40)56;;;/h3-14,16-27,30-33,57-58H,15,28-29,34H2,1-2H3;2*1H3;/q;2*-1;. The number of rotatable bonds is 10. The van der Waals surface area contributed by atoms with Crippen molar-refractivity contribution in [2.45, 2.75) is 26.7 Å². The van der Waals surface area contributed by atoms with Crippen molar-refractivity contribution in [1.29, 1.82) is 0 Å². The number of phenolic OH excluding ortho intramolecular Hbond substituents is 2. The Bertz CT molecular complexity index is 2980. The summed E-state index contributed by atoms with van der Waals surface area (Å²) in [5.41, 5.74) is 13.2. The average Bonchev–Trinajstić information content (AvgIpc) is 3.61. The quantitative estimate of drug-likeness (QED) is 0.0812. The molecule has 63 heavy (non-hydrogen) atoms. The number of anilines is 3. The molecule has 0 radical (unpaired) electrons. The number of hydrogen-bond acceptors (Lipinski definition) is 5. The predicted octanol–water partition coefficient (Wildman–Crippen LogP) is 14.3. The number of fused-ring (bicyclic) bond motifs is 5. The van der Waals surface area contributed by atoms with Gasteiger partial charge in [-0.05, 0) is 96.8 Å². The summed E-state index contributed by atoms with van der Waals surface area (Å²) in [5, 5.41) is 26.4. The van der Waals surface area contributed by atoms with Crippen molar-refractivity contribution in [3.8, 4) is 50.9 Å². The van der Waals surface area contributed by atoms with Gasteiger partial charge in [0.05, 0.1) is 35.6 Å². The summed E-state index contributed by atoms with van der Waals surface area (Å²) in [6.45, 7) is 4.93. The number of benzene rings is 8. The number of ether oxygens (including phenoxy) is 2. The van der Waals surface area contributed by atoms with Crippen LogP contribution in [-0.2, 0) is 32.3 Å². The molecule has 0 fully saturated rings. The number of aromatic hydroxyl groups is 2. The van der Waals surface area contributed by atoms with E-state index in [1.165, 1.54) is 11.1 Å². The minimum atomic E-state index is 0. The molecule has 0 saturated heterocycles. The van der Waals surface area contributed by atoms with Crippen LogP contribution in [-0.4, -0.2) is 28.0 Å². The number of nitrogens with zero attached hydrogens (tertiary/aromatic N) is 2. The van der Waals surface area contributed by atoms with Crippen LogP contribution in [0.1, 0.15) is 28.7 Å². The van der Waals surface area contributed by atoms with E-state index in [-0.39, 0.29) is 52.2 Å². The number of phenols is 2. The summed E-state index contributed by atoms with van der Waals surface area (Å²) in [7, 11) is 0. The largest absolute Gasteiger partial charge is 0.505 e. The van der Waals surface area contributed by atoms with Gasteiger partial charge in [-0.15, -0.1) is 0 Å². The molecular weight excluding hydrogens is 943 g/mol. The molecule has 0 saturated carbocycles. The molecule has 10 rings (SSSR count). The third kappa shape index (κ3) is 8.14. The molecule has 0 atom stereocenters. The number of aromatic nitrogens is 1. The van der Waals surface area contributed by atoms with Crippen LogP contribution in [0.5, 0.6) is 23.0 Å². The predicted molar refractivity (Wildman–Crippen MR) is 257 cm³/mol. The van der Waals surface area contributed by atoms with Gasteiger partial charge in [-0.2, -0.15) is 0 Å². The molecule has 8 aromatic carbocycles. The first kappa shape index (κ1) is 44.5. The van der Waals surface area contributed by atoms with E-state index in [4.69, 9.17) is 9.47 Å². The monoisotopic (exact) mass is 994 g/mol. The summed E-state index contributed by atoms with van der Waals surface area (Å²) in [5.74, 6) is 1.76. The third-order valence-electron chi connectivity index (χ3n) is 11.5. The fraction of sp³-hybridized carbons (Fsp3) is 0.107. The smallest absolute Gasteiger partial charge is 0.147 e. The molecule has 2 N–H and O–H groups in total. The Morgan fingerprint density at radius 2 is 0.873 bits per heavy atom. The van der Waals surface area contributed by atoms with Crippen molar-refractivity contribution < 1.29 is 45.5 Å². The van der Waals surface area contributed by atoms with Gasteiger partial charge in [0.1, 0.15) is 23.0 Å². The Kier molecular flexibility index (Phi) is 13.3. The molecule has 314 valence electrons. The SMILES string of the molecule is Cc1cc(-c2ccccc2OCCCOc2ccccc2-c2cc(C)cc(-n3c4ccccc4c4ccccc43)c2O)c(O)c(N2c3ccccc3Cc3ccccc32)c1.[CH3-].[CH3-].[Hf]. The fourth-order valence-corrected chi connectivity index (χ4v) is 8.86. The van der Waals surface area contributed by atoms with Crippen molar-refractivity contribution in [3.63, 3.8) is 0 Å². The van der Waals surface area contributed by atoms with E-state index in [0.717, 1.165) is 73.2 Å². The first-order valence-corrected chi connectivity index (χ1v) is 20.5. The van der Waals surface area contributed by atoms with Gasteiger partial charge in [-0.1, -0.05) is 109 Å². The molecule has 0 spiro atoms. The second kappa shape index (κ2) is 18.8. The third-order valence-corrected chi connectivity index (χ3v) is 11.5. The van der Waals surface area contributed by atoms with Crippen molar-refractivity contribution in [2.24, 2.45) is 0 Å². The molecule has 7 heteroatoms. The summed E-state index contributed by atoms with van der Waals surface area (Å²) in [4.78, 5) is 2.18. The number of hydrogen-bond donors (Lipinski definition) is 2. The van der Waals surface area contributed by atoms with Crippen LogP contribution in [0.15, 0.2) is 170 Å². The maximum absolute atomic E-state index is 12.1. The van der Waals surface area contributed by atoms with E-state index in [9.17, 15) is 10.2 Å². The number of para-hydroxylation sites is 6. The van der Waals surface area contributed by atoms with Gasteiger partial charge >= 0.3 is 0 Å². The van der Waals surface area contributed by atoms with Gasteiger partial charge in [0.15, 0.2) is 0 Å². The molecule has 0 bridgehead atoms. The fourth-order valence-electron chi connectivity index (χ4n) is 8.86. The van der Waals surface area contributed by atoms with E-state index in [0.29, 0.717) is 42.3 Å².